The summed E-state index contributed by atoms with van der Waals surface area (Å²) in [5, 5.41) is 0. The molecule has 0 atom stereocenters. The van der Waals surface area contributed by atoms with E-state index in [4.69, 9.17) is 45.4 Å². The van der Waals surface area contributed by atoms with Crippen molar-refractivity contribution in [2.24, 2.45) is 0 Å². The lowest BCUT2D eigenvalue weighted by molar-refractivity contribution is 0.0205. The molecule has 0 bridgehead atoms. The molecule has 0 aromatic heterocycles. The molecular formula is C19H22B4O7S. The summed E-state index contributed by atoms with van der Waals surface area (Å²) in [4.78, 5) is 25.9. The van der Waals surface area contributed by atoms with Gasteiger partial charge in [-0.2, -0.15) is 8.42 Å². The van der Waals surface area contributed by atoms with E-state index in [1.165, 1.54) is 0 Å². The average Bonchev–Trinajstić information content (AvgIpc) is 2.72. The number of ether oxygens (including phenoxy) is 2. The third-order valence-electron chi connectivity index (χ3n) is 5.30. The minimum absolute atomic E-state index is 0.0485. The van der Waals surface area contributed by atoms with E-state index >= 15 is 0 Å². The summed E-state index contributed by atoms with van der Waals surface area (Å²) >= 11 is 0. The predicted molar refractivity (Wildman–Crippen MR) is 119 cm³/mol. The van der Waals surface area contributed by atoms with E-state index in [2.05, 4.69) is 0 Å². The highest BCUT2D eigenvalue weighted by atomic mass is 32.2. The molecule has 2 rings (SSSR count). The Kier molecular flexibility index (Phi) is 9.30. The normalized spacial score (nSPS) is 14.9. The first-order chi connectivity index (χ1) is 14.6. The van der Waals surface area contributed by atoms with Crippen molar-refractivity contribution in [2.75, 3.05) is 12.4 Å². The molecule has 7 nitrogen and oxygen atoms in total. The molecule has 1 N–H and O–H groups in total. The molecule has 0 saturated heterocycles. The Morgan fingerprint density at radius 1 is 0.903 bits per heavy atom. The summed E-state index contributed by atoms with van der Waals surface area (Å²) in [5.74, 6) is -2.64. The molecule has 12 heteroatoms. The Hall–Kier alpha value is -1.67. The summed E-state index contributed by atoms with van der Waals surface area (Å²) in [6.45, 7) is -0.630. The highest BCUT2D eigenvalue weighted by molar-refractivity contribution is 7.85. The van der Waals surface area contributed by atoms with E-state index in [0.29, 0.717) is 24.0 Å². The fraction of sp³-hybridized carbons (Fsp3) is 0.579. The molecule has 1 aliphatic carbocycles. The SMILES string of the molecule is [B]Cc1c([B])c(C(=O)OC2CCCCC2)c(C(=O)OCCS(=O)(=O)O)c(C[B])c1C[B]. The van der Waals surface area contributed by atoms with Crippen molar-refractivity contribution in [3.05, 3.63) is 27.8 Å². The van der Waals surface area contributed by atoms with E-state index in [1.807, 2.05) is 0 Å². The third kappa shape index (κ3) is 6.42. The van der Waals surface area contributed by atoms with Gasteiger partial charge in [-0.1, -0.05) is 42.0 Å². The molecule has 1 aliphatic rings. The van der Waals surface area contributed by atoms with Crippen molar-refractivity contribution >= 4 is 58.9 Å². The van der Waals surface area contributed by atoms with Crippen LogP contribution in [-0.2, 0) is 38.6 Å². The van der Waals surface area contributed by atoms with Gasteiger partial charge in [-0.25, -0.2) is 9.59 Å². The molecule has 0 heterocycles. The molecule has 0 spiro atoms. The molecule has 1 aromatic carbocycles. The van der Waals surface area contributed by atoms with Crippen molar-refractivity contribution in [2.45, 2.75) is 57.2 Å². The van der Waals surface area contributed by atoms with Crippen LogP contribution in [0.1, 0.15) is 69.5 Å². The second-order valence-electron chi connectivity index (χ2n) is 7.30. The van der Waals surface area contributed by atoms with E-state index in [1.54, 1.807) is 0 Å². The summed E-state index contributed by atoms with van der Waals surface area (Å²) < 4.78 is 41.3. The summed E-state index contributed by atoms with van der Waals surface area (Å²) in [6, 6.07) is 0. The van der Waals surface area contributed by atoms with Gasteiger partial charge in [-0.3, -0.25) is 4.55 Å². The van der Waals surface area contributed by atoms with Gasteiger partial charge < -0.3 is 9.47 Å². The van der Waals surface area contributed by atoms with Crippen molar-refractivity contribution in [1.82, 2.24) is 0 Å². The van der Waals surface area contributed by atoms with E-state index < -0.39 is 34.4 Å². The van der Waals surface area contributed by atoms with Crippen LogP contribution >= 0.6 is 0 Å². The Morgan fingerprint density at radius 2 is 1.48 bits per heavy atom. The van der Waals surface area contributed by atoms with Crippen molar-refractivity contribution in [3.63, 3.8) is 0 Å². The van der Waals surface area contributed by atoms with E-state index in [9.17, 15) is 18.0 Å². The monoisotopic (exact) mass is 438 g/mol. The molecule has 31 heavy (non-hydrogen) atoms. The molecule has 158 valence electrons. The zero-order chi connectivity index (χ0) is 23.2. The van der Waals surface area contributed by atoms with Gasteiger partial charge in [0, 0.05) is 0 Å². The number of hydrogen-bond acceptors (Lipinski definition) is 6. The van der Waals surface area contributed by atoms with Crippen LogP contribution in [0.25, 0.3) is 0 Å². The fourth-order valence-electron chi connectivity index (χ4n) is 3.78. The number of esters is 2. The van der Waals surface area contributed by atoms with Crippen LogP contribution in [0.2, 0.25) is 0 Å². The Bertz CT molecular complexity index is 928. The molecule has 0 unspecified atom stereocenters. The van der Waals surface area contributed by atoms with Gasteiger partial charge in [0.05, 0.1) is 34.7 Å². The van der Waals surface area contributed by atoms with Crippen LogP contribution in [0.15, 0.2) is 0 Å². The van der Waals surface area contributed by atoms with Gasteiger partial charge >= 0.3 is 11.9 Å². The predicted octanol–water partition coefficient (Wildman–Crippen LogP) is 0.0200. The summed E-state index contributed by atoms with van der Waals surface area (Å²) in [7, 11) is 19.4. The first-order valence-corrected chi connectivity index (χ1v) is 11.6. The van der Waals surface area contributed by atoms with Gasteiger partial charge in [0.1, 0.15) is 26.3 Å². The van der Waals surface area contributed by atoms with Gasteiger partial charge in [0.25, 0.3) is 10.1 Å². The molecule has 0 amide bonds. The maximum absolute atomic E-state index is 13.1. The summed E-state index contributed by atoms with van der Waals surface area (Å²) in [6.07, 6.45) is 3.73. The summed E-state index contributed by atoms with van der Waals surface area (Å²) in [5.41, 5.74) is 0.521. The van der Waals surface area contributed by atoms with Crippen LogP contribution in [0.4, 0.5) is 0 Å². The largest absolute Gasteiger partial charge is 0.461 e. The number of benzene rings is 1. The van der Waals surface area contributed by atoms with Gasteiger partial charge in [-0.15, -0.1) is 0 Å². The molecule has 1 aromatic rings. The quantitative estimate of drug-likeness (QED) is 0.330. The Labute approximate surface area is 188 Å². The van der Waals surface area contributed by atoms with Crippen LogP contribution in [-0.4, -0.2) is 74.8 Å². The maximum Gasteiger partial charge on any atom is 0.339 e. The van der Waals surface area contributed by atoms with Crippen LogP contribution < -0.4 is 5.46 Å². The number of carbonyl (C=O) groups excluding carboxylic acids is 2. The lowest BCUT2D eigenvalue weighted by atomic mass is 9.70. The average molecular weight is 438 g/mol. The second-order valence-corrected chi connectivity index (χ2v) is 8.87. The molecular weight excluding hydrogens is 416 g/mol. The van der Waals surface area contributed by atoms with Crippen molar-refractivity contribution in [3.8, 4) is 0 Å². The van der Waals surface area contributed by atoms with Crippen LogP contribution in [0.5, 0.6) is 0 Å². The van der Waals surface area contributed by atoms with Gasteiger partial charge in [-0.05, 0) is 31.2 Å². The van der Waals surface area contributed by atoms with Crippen molar-refractivity contribution < 1.29 is 32.0 Å². The standard InChI is InChI=1S/C19H22B4O7S/c20-8-12-13(9-21)15(18(24)29-6-7-31(26,27)28)16(17(23)14(12)10-22)19(25)30-11-4-2-1-3-5-11/h11H,1-10H2,(H,26,27,28). The zero-order valence-electron chi connectivity index (χ0n) is 17.3. The number of carbonyl (C=O) groups is 2. The minimum atomic E-state index is -4.35. The van der Waals surface area contributed by atoms with Gasteiger partial charge in [0.2, 0.25) is 0 Å². The lowest BCUT2D eigenvalue weighted by Crippen LogP contribution is -2.33. The smallest absolute Gasteiger partial charge is 0.339 e. The highest BCUT2D eigenvalue weighted by Gasteiger charge is 2.30. The first kappa shape index (κ1) is 25.6. The Morgan fingerprint density at radius 3 is 2.00 bits per heavy atom. The molecule has 1 fully saturated rings. The molecule has 8 radical (unpaired) electrons. The topological polar surface area (TPSA) is 107 Å². The van der Waals surface area contributed by atoms with Gasteiger partial charge in [0.15, 0.2) is 0 Å². The second kappa shape index (κ2) is 11.3. The van der Waals surface area contributed by atoms with E-state index in [-0.39, 0.29) is 47.2 Å². The fourth-order valence-corrected chi connectivity index (χ4v) is 4.07. The van der Waals surface area contributed by atoms with Crippen LogP contribution in [0.3, 0.4) is 0 Å². The first-order valence-electron chi connectivity index (χ1n) is 10.0. The minimum Gasteiger partial charge on any atom is -0.461 e. The maximum atomic E-state index is 13.1. The lowest BCUT2D eigenvalue weighted by Gasteiger charge is -2.26. The van der Waals surface area contributed by atoms with E-state index in [0.717, 1.165) is 19.3 Å². The highest BCUT2D eigenvalue weighted by Crippen LogP contribution is 2.26. The number of hydrogen-bond donors (Lipinski definition) is 1. The number of rotatable bonds is 9. The van der Waals surface area contributed by atoms with Crippen LogP contribution in [0, 0.1) is 0 Å². The third-order valence-corrected chi connectivity index (χ3v) is 5.98. The molecule has 0 aliphatic heterocycles. The zero-order valence-corrected chi connectivity index (χ0v) is 18.1. The molecule has 1 saturated carbocycles. The Balaban J connectivity index is 2.53. The van der Waals surface area contributed by atoms with Crippen molar-refractivity contribution in [1.29, 1.82) is 0 Å².